The fourth-order valence-electron chi connectivity index (χ4n) is 2.09. The van der Waals surface area contributed by atoms with Crippen molar-refractivity contribution in [2.24, 2.45) is 11.1 Å². The van der Waals surface area contributed by atoms with Gasteiger partial charge < -0.3 is 5.73 Å². The van der Waals surface area contributed by atoms with Crippen LogP contribution in [0.4, 0.5) is 8.78 Å². The highest BCUT2D eigenvalue weighted by molar-refractivity contribution is 5.17. The second-order valence-electron chi connectivity index (χ2n) is 4.66. The second-order valence-corrected chi connectivity index (χ2v) is 4.66. The largest absolute Gasteiger partial charge is 0.330 e. The lowest BCUT2D eigenvalue weighted by Crippen LogP contribution is -2.37. The lowest BCUT2D eigenvalue weighted by Gasteiger charge is -2.41. The van der Waals surface area contributed by atoms with E-state index in [4.69, 9.17) is 5.73 Å². The first-order valence-electron chi connectivity index (χ1n) is 6.96. The maximum absolute atomic E-state index is 12.9. The van der Waals surface area contributed by atoms with E-state index in [1.807, 2.05) is 13.8 Å². The summed E-state index contributed by atoms with van der Waals surface area (Å²) < 4.78 is 25.7. The van der Waals surface area contributed by atoms with Crippen LogP contribution in [0.1, 0.15) is 52.9 Å². The van der Waals surface area contributed by atoms with Gasteiger partial charge in [0.1, 0.15) is 6.67 Å². The number of rotatable bonds is 6. The van der Waals surface area contributed by atoms with Gasteiger partial charge in [-0.25, -0.2) is 8.78 Å². The van der Waals surface area contributed by atoms with E-state index in [0.29, 0.717) is 25.0 Å². The number of halogens is 2. The van der Waals surface area contributed by atoms with Gasteiger partial charge in [0.25, 0.3) is 0 Å². The molecule has 0 aromatic rings. The minimum absolute atomic E-state index is 0.0917. The highest BCUT2D eigenvalue weighted by atomic mass is 19.1. The molecular weight excluding hydrogens is 232 g/mol. The van der Waals surface area contributed by atoms with Crippen molar-refractivity contribution in [3.05, 3.63) is 23.6 Å². The molecule has 0 heterocycles. The number of hydrogen-bond donors (Lipinski definition) is 1. The third-order valence-electron chi connectivity index (χ3n) is 3.46. The van der Waals surface area contributed by atoms with Gasteiger partial charge in [0.2, 0.25) is 0 Å². The van der Waals surface area contributed by atoms with Crippen molar-refractivity contribution in [2.75, 3.05) is 13.2 Å². The molecule has 0 unspecified atom stereocenters. The topological polar surface area (TPSA) is 26.0 Å². The first-order valence-corrected chi connectivity index (χ1v) is 6.96. The SMILES string of the molecule is CC.CC/C(F)=C\C=C(/CF)CC1(CN)CCC1. The van der Waals surface area contributed by atoms with Gasteiger partial charge in [-0.3, -0.25) is 0 Å². The Morgan fingerprint density at radius 1 is 1.28 bits per heavy atom. The molecule has 1 rings (SSSR count). The van der Waals surface area contributed by atoms with Gasteiger partial charge in [-0.05, 0) is 49.3 Å². The van der Waals surface area contributed by atoms with E-state index in [9.17, 15) is 8.78 Å². The molecule has 1 saturated carbocycles. The van der Waals surface area contributed by atoms with Crippen LogP contribution >= 0.6 is 0 Å². The van der Waals surface area contributed by atoms with Crippen LogP contribution in [0.15, 0.2) is 23.6 Å². The molecule has 3 heteroatoms. The Balaban J connectivity index is 0.00000137. The number of hydrogen-bond acceptors (Lipinski definition) is 1. The van der Waals surface area contributed by atoms with Crippen LogP contribution in [-0.2, 0) is 0 Å². The summed E-state index contributed by atoms with van der Waals surface area (Å²) in [5, 5.41) is 0. The third-order valence-corrected chi connectivity index (χ3v) is 3.46. The fraction of sp³-hybridized carbons (Fsp3) is 0.733. The van der Waals surface area contributed by atoms with E-state index in [1.165, 1.54) is 12.5 Å². The summed E-state index contributed by atoms with van der Waals surface area (Å²) in [6.45, 7) is 5.83. The highest BCUT2D eigenvalue weighted by Gasteiger charge is 2.35. The van der Waals surface area contributed by atoms with E-state index in [-0.39, 0.29) is 11.2 Å². The molecule has 1 aliphatic rings. The number of nitrogens with two attached hydrogens (primary N) is 1. The normalized spacial score (nSPS) is 18.8. The molecule has 2 N–H and O–H groups in total. The first kappa shape index (κ1) is 17.3. The van der Waals surface area contributed by atoms with Crippen molar-refractivity contribution in [3.63, 3.8) is 0 Å². The highest BCUT2D eigenvalue weighted by Crippen LogP contribution is 2.44. The molecule has 0 radical (unpaired) electrons. The Bertz CT molecular complexity index is 273. The van der Waals surface area contributed by atoms with Crippen molar-refractivity contribution in [3.8, 4) is 0 Å². The van der Waals surface area contributed by atoms with Crippen LogP contribution < -0.4 is 5.73 Å². The Morgan fingerprint density at radius 2 is 1.89 bits per heavy atom. The summed E-state index contributed by atoms with van der Waals surface area (Å²) in [5.74, 6) is -0.207. The molecule has 1 aliphatic carbocycles. The molecule has 0 aromatic carbocycles. The molecule has 106 valence electrons. The van der Waals surface area contributed by atoms with E-state index in [0.717, 1.165) is 12.8 Å². The zero-order valence-corrected chi connectivity index (χ0v) is 11.9. The van der Waals surface area contributed by atoms with E-state index in [1.54, 1.807) is 13.0 Å². The predicted octanol–water partition coefficient (Wildman–Crippen LogP) is 4.69. The van der Waals surface area contributed by atoms with E-state index in [2.05, 4.69) is 0 Å². The van der Waals surface area contributed by atoms with Crippen molar-refractivity contribution < 1.29 is 8.78 Å². The van der Waals surface area contributed by atoms with Gasteiger partial charge in [0.05, 0.1) is 5.83 Å². The van der Waals surface area contributed by atoms with Gasteiger partial charge in [-0.1, -0.05) is 33.3 Å². The maximum Gasteiger partial charge on any atom is 0.111 e. The summed E-state index contributed by atoms with van der Waals surface area (Å²) in [7, 11) is 0. The summed E-state index contributed by atoms with van der Waals surface area (Å²) in [5.41, 5.74) is 6.47. The number of allylic oxidation sites excluding steroid dienone is 4. The molecule has 0 aliphatic heterocycles. The fourth-order valence-corrected chi connectivity index (χ4v) is 2.09. The lowest BCUT2D eigenvalue weighted by atomic mass is 9.65. The molecule has 0 bridgehead atoms. The average Bonchev–Trinajstić information content (AvgIpc) is 2.39. The monoisotopic (exact) mass is 259 g/mol. The van der Waals surface area contributed by atoms with Gasteiger partial charge in [-0.15, -0.1) is 0 Å². The van der Waals surface area contributed by atoms with Crippen molar-refractivity contribution in [1.82, 2.24) is 0 Å². The zero-order valence-electron chi connectivity index (χ0n) is 11.9. The smallest absolute Gasteiger partial charge is 0.111 e. The Kier molecular flexibility index (Phi) is 8.90. The van der Waals surface area contributed by atoms with Crippen molar-refractivity contribution in [1.29, 1.82) is 0 Å². The van der Waals surface area contributed by atoms with Crippen LogP contribution in [0.25, 0.3) is 0 Å². The van der Waals surface area contributed by atoms with Gasteiger partial charge in [-0.2, -0.15) is 0 Å². The number of alkyl halides is 1. The molecular formula is C15H27F2N. The summed E-state index contributed by atoms with van der Waals surface area (Å²) in [6.07, 6.45) is 7.30. The predicted molar refractivity (Wildman–Crippen MR) is 74.8 cm³/mol. The zero-order chi connectivity index (χ0) is 14.0. The Hall–Kier alpha value is -0.700. The Labute approximate surface area is 110 Å². The quantitative estimate of drug-likeness (QED) is 0.688. The molecule has 1 nitrogen and oxygen atoms in total. The first-order chi connectivity index (χ1) is 8.65. The molecule has 0 spiro atoms. The molecule has 0 amide bonds. The van der Waals surface area contributed by atoms with Gasteiger partial charge in [0, 0.05) is 0 Å². The van der Waals surface area contributed by atoms with Crippen molar-refractivity contribution >= 4 is 0 Å². The second kappa shape index (κ2) is 9.26. The maximum atomic E-state index is 12.9. The van der Waals surface area contributed by atoms with E-state index >= 15 is 0 Å². The summed E-state index contributed by atoms with van der Waals surface area (Å²) in [4.78, 5) is 0. The third kappa shape index (κ3) is 5.30. The van der Waals surface area contributed by atoms with E-state index < -0.39 is 6.67 Å². The average molecular weight is 259 g/mol. The van der Waals surface area contributed by atoms with Crippen LogP contribution in [-0.4, -0.2) is 13.2 Å². The lowest BCUT2D eigenvalue weighted by molar-refractivity contribution is 0.142. The van der Waals surface area contributed by atoms with Gasteiger partial charge >= 0.3 is 0 Å². The minimum atomic E-state index is -0.505. The molecule has 18 heavy (non-hydrogen) atoms. The van der Waals surface area contributed by atoms with Crippen LogP contribution in [0, 0.1) is 5.41 Å². The molecule has 0 atom stereocenters. The van der Waals surface area contributed by atoms with Crippen LogP contribution in [0.5, 0.6) is 0 Å². The van der Waals surface area contributed by atoms with Crippen LogP contribution in [0.3, 0.4) is 0 Å². The summed E-state index contributed by atoms with van der Waals surface area (Å²) in [6, 6.07) is 0. The van der Waals surface area contributed by atoms with Gasteiger partial charge in [0.15, 0.2) is 0 Å². The van der Waals surface area contributed by atoms with Crippen molar-refractivity contribution in [2.45, 2.75) is 52.9 Å². The van der Waals surface area contributed by atoms with Crippen LogP contribution in [0.2, 0.25) is 0 Å². The molecule has 1 fully saturated rings. The molecule has 0 saturated heterocycles. The molecule has 0 aromatic heterocycles. The minimum Gasteiger partial charge on any atom is -0.330 e. The Morgan fingerprint density at radius 3 is 2.22 bits per heavy atom. The standard InChI is InChI=1S/C13H21F2N.C2H6/c1-2-12(15)5-4-11(9-14)8-13(10-16)6-3-7-13;1-2/h4-5H,2-3,6-10,16H2,1H3;1-2H3/b11-4-,12-5+;. The summed E-state index contributed by atoms with van der Waals surface area (Å²) >= 11 is 0.